The van der Waals surface area contributed by atoms with Crippen LogP contribution >= 0.6 is 11.6 Å². The molecule has 0 amide bonds. The zero-order valence-corrected chi connectivity index (χ0v) is 13.5. The van der Waals surface area contributed by atoms with Crippen LogP contribution in [0.4, 0.5) is 5.69 Å². The average Bonchev–Trinajstić information content (AvgIpc) is 2.52. The van der Waals surface area contributed by atoms with Crippen LogP contribution in [0.15, 0.2) is 18.2 Å². The molecule has 0 radical (unpaired) electrons. The van der Waals surface area contributed by atoms with Crippen molar-refractivity contribution < 1.29 is 0 Å². The Morgan fingerprint density at radius 1 is 1.33 bits per heavy atom. The minimum Gasteiger partial charge on any atom is -0.384 e. The quantitative estimate of drug-likeness (QED) is 0.797. The van der Waals surface area contributed by atoms with Crippen molar-refractivity contribution in [2.75, 3.05) is 25.5 Å². The normalized spacial score (nSPS) is 15.9. The Kier molecular flexibility index (Phi) is 6.35. The summed E-state index contributed by atoms with van der Waals surface area (Å²) in [6.45, 7) is 1.96. The van der Waals surface area contributed by atoms with Crippen LogP contribution in [-0.2, 0) is 0 Å². The van der Waals surface area contributed by atoms with E-state index >= 15 is 0 Å². The Labute approximate surface area is 132 Å². The number of hydrogen-bond donors (Lipinski definition) is 1. The molecule has 0 bridgehead atoms. The maximum atomic E-state index is 9.13. The number of benzene rings is 1. The van der Waals surface area contributed by atoms with Crippen LogP contribution in [0.2, 0.25) is 5.02 Å². The molecule has 1 fully saturated rings. The van der Waals surface area contributed by atoms with E-state index in [1.54, 1.807) is 6.07 Å². The third-order valence-electron chi connectivity index (χ3n) is 4.33. The molecule has 1 aromatic rings. The zero-order chi connectivity index (χ0) is 15.1. The van der Waals surface area contributed by atoms with Gasteiger partial charge in [0.15, 0.2) is 0 Å². The van der Waals surface area contributed by atoms with Gasteiger partial charge in [0.25, 0.3) is 0 Å². The molecule has 0 spiro atoms. The Balaban J connectivity index is 1.75. The number of hydrogen-bond acceptors (Lipinski definition) is 3. The van der Waals surface area contributed by atoms with Gasteiger partial charge < -0.3 is 10.2 Å². The first kappa shape index (κ1) is 16.1. The number of anilines is 1. The van der Waals surface area contributed by atoms with Crippen LogP contribution in [0.5, 0.6) is 0 Å². The van der Waals surface area contributed by atoms with E-state index in [-0.39, 0.29) is 0 Å². The highest BCUT2D eigenvalue weighted by Gasteiger charge is 2.17. The van der Waals surface area contributed by atoms with E-state index in [9.17, 15) is 0 Å². The second-order valence-electron chi connectivity index (χ2n) is 5.83. The van der Waals surface area contributed by atoms with Crippen molar-refractivity contribution >= 4 is 17.3 Å². The van der Waals surface area contributed by atoms with Crippen LogP contribution < -0.4 is 5.32 Å². The minimum atomic E-state index is 0.516. The molecule has 0 unspecified atom stereocenters. The van der Waals surface area contributed by atoms with E-state index in [0.717, 1.165) is 31.2 Å². The molecule has 1 aromatic carbocycles. The summed E-state index contributed by atoms with van der Waals surface area (Å²) in [5.41, 5.74) is 1.38. The van der Waals surface area contributed by atoms with Gasteiger partial charge in [0.05, 0.1) is 16.3 Å². The highest BCUT2D eigenvalue weighted by Crippen LogP contribution is 2.23. The molecule has 2 rings (SSSR count). The topological polar surface area (TPSA) is 39.1 Å². The maximum Gasteiger partial charge on any atom is 0.103 e. The number of rotatable bonds is 6. The lowest BCUT2D eigenvalue weighted by atomic mass is 9.94. The van der Waals surface area contributed by atoms with Gasteiger partial charge in [0.1, 0.15) is 6.07 Å². The van der Waals surface area contributed by atoms with Crippen molar-refractivity contribution in [1.29, 1.82) is 5.26 Å². The molecular weight excluding hydrogens is 282 g/mol. The van der Waals surface area contributed by atoms with Crippen LogP contribution in [0.3, 0.4) is 0 Å². The molecule has 0 aliphatic heterocycles. The lowest BCUT2D eigenvalue weighted by Gasteiger charge is -2.31. The lowest BCUT2D eigenvalue weighted by Crippen LogP contribution is -2.34. The summed E-state index contributed by atoms with van der Waals surface area (Å²) in [6.07, 6.45) is 7.91. The fourth-order valence-corrected chi connectivity index (χ4v) is 3.26. The lowest BCUT2D eigenvalue weighted by molar-refractivity contribution is 0.191. The second kappa shape index (κ2) is 8.26. The molecule has 1 aliphatic rings. The monoisotopic (exact) mass is 305 g/mol. The van der Waals surface area contributed by atoms with E-state index in [1.807, 2.05) is 12.1 Å². The Morgan fingerprint density at radius 3 is 2.81 bits per heavy atom. The van der Waals surface area contributed by atoms with Gasteiger partial charge in [-0.25, -0.2) is 0 Å². The van der Waals surface area contributed by atoms with E-state index in [4.69, 9.17) is 16.9 Å². The van der Waals surface area contributed by atoms with Crippen LogP contribution in [0.25, 0.3) is 0 Å². The predicted octanol–water partition coefficient (Wildman–Crippen LogP) is 4.28. The molecule has 0 heterocycles. The summed E-state index contributed by atoms with van der Waals surface area (Å²) >= 11 is 6.02. The molecule has 1 aliphatic carbocycles. The third kappa shape index (κ3) is 4.62. The number of halogens is 1. The standard InChI is InChI=1S/C17H24ClN3/c1-21(14-7-3-2-4-8-14)12-6-11-20-17-10-5-9-16(18)15(17)13-19/h5,9-10,14,20H,2-4,6-8,11-12H2,1H3. The summed E-state index contributed by atoms with van der Waals surface area (Å²) in [6, 6.07) is 8.46. The Hall–Kier alpha value is -1.24. The van der Waals surface area contributed by atoms with Gasteiger partial charge in [-0.2, -0.15) is 5.26 Å². The molecule has 3 nitrogen and oxygen atoms in total. The molecule has 114 valence electrons. The Morgan fingerprint density at radius 2 is 2.10 bits per heavy atom. The van der Waals surface area contributed by atoms with E-state index < -0.39 is 0 Å². The van der Waals surface area contributed by atoms with Gasteiger partial charge in [-0.3, -0.25) is 0 Å². The van der Waals surface area contributed by atoms with Crippen molar-refractivity contribution in [3.63, 3.8) is 0 Å². The Bertz CT molecular complexity index is 489. The summed E-state index contributed by atoms with van der Waals surface area (Å²) in [7, 11) is 2.23. The molecule has 21 heavy (non-hydrogen) atoms. The molecule has 0 saturated heterocycles. The van der Waals surface area contributed by atoms with Crippen LogP contribution in [0, 0.1) is 11.3 Å². The molecule has 1 N–H and O–H groups in total. The number of nitrogens with zero attached hydrogens (tertiary/aromatic N) is 2. The smallest absolute Gasteiger partial charge is 0.103 e. The minimum absolute atomic E-state index is 0.516. The molecular formula is C17H24ClN3. The van der Waals surface area contributed by atoms with Gasteiger partial charge in [-0.05, 0) is 45.0 Å². The zero-order valence-electron chi connectivity index (χ0n) is 12.7. The summed E-state index contributed by atoms with van der Waals surface area (Å²) in [5.74, 6) is 0. The number of nitriles is 1. The van der Waals surface area contributed by atoms with Crippen LogP contribution in [-0.4, -0.2) is 31.1 Å². The molecule has 0 aromatic heterocycles. The van der Waals surface area contributed by atoms with Crippen molar-refractivity contribution in [2.45, 2.75) is 44.6 Å². The van der Waals surface area contributed by atoms with Crippen molar-refractivity contribution in [3.8, 4) is 6.07 Å². The third-order valence-corrected chi connectivity index (χ3v) is 4.64. The SMILES string of the molecule is CN(CCCNc1cccc(Cl)c1C#N)C1CCCCC1. The van der Waals surface area contributed by atoms with Gasteiger partial charge in [0, 0.05) is 12.6 Å². The summed E-state index contributed by atoms with van der Waals surface area (Å²) in [4.78, 5) is 2.49. The highest BCUT2D eigenvalue weighted by atomic mass is 35.5. The maximum absolute atomic E-state index is 9.13. The second-order valence-corrected chi connectivity index (χ2v) is 6.23. The summed E-state index contributed by atoms with van der Waals surface area (Å²) < 4.78 is 0. The van der Waals surface area contributed by atoms with Crippen molar-refractivity contribution in [3.05, 3.63) is 28.8 Å². The van der Waals surface area contributed by atoms with Gasteiger partial charge in [-0.1, -0.05) is 36.9 Å². The van der Waals surface area contributed by atoms with Crippen LogP contribution in [0.1, 0.15) is 44.1 Å². The first-order valence-electron chi connectivity index (χ1n) is 7.85. The first-order chi connectivity index (χ1) is 10.2. The predicted molar refractivity (Wildman–Crippen MR) is 88.8 cm³/mol. The largest absolute Gasteiger partial charge is 0.384 e. The number of nitrogens with one attached hydrogen (secondary N) is 1. The first-order valence-corrected chi connectivity index (χ1v) is 8.23. The van der Waals surface area contributed by atoms with Crippen molar-refractivity contribution in [2.24, 2.45) is 0 Å². The van der Waals surface area contributed by atoms with Gasteiger partial charge in [0.2, 0.25) is 0 Å². The summed E-state index contributed by atoms with van der Waals surface area (Å²) in [5, 5.41) is 13.0. The van der Waals surface area contributed by atoms with E-state index in [2.05, 4.69) is 23.3 Å². The van der Waals surface area contributed by atoms with Gasteiger partial charge >= 0.3 is 0 Å². The molecule has 1 saturated carbocycles. The van der Waals surface area contributed by atoms with E-state index in [0.29, 0.717) is 10.6 Å². The fourth-order valence-electron chi connectivity index (χ4n) is 3.04. The fraction of sp³-hybridized carbons (Fsp3) is 0.588. The van der Waals surface area contributed by atoms with Crippen molar-refractivity contribution in [1.82, 2.24) is 4.90 Å². The van der Waals surface area contributed by atoms with Gasteiger partial charge in [-0.15, -0.1) is 0 Å². The molecule has 0 atom stereocenters. The molecule has 4 heteroatoms. The highest BCUT2D eigenvalue weighted by molar-refractivity contribution is 6.32. The average molecular weight is 306 g/mol. The van der Waals surface area contributed by atoms with E-state index in [1.165, 1.54) is 32.1 Å².